The van der Waals surface area contributed by atoms with Gasteiger partial charge in [-0.25, -0.2) is 4.79 Å². The maximum absolute atomic E-state index is 11.8. The van der Waals surface area contributed by atoms with Gasteiger partial charge in [0, 0.05) is 5.57 Å². The number of aliphatic hydroxyl groups is 1. The molecule has 2 aromatic carbocycles. The van der Waals surface area contributed by atoms with E-state index in [4.69, 9.17) is 4.74 Å². The first-order chi connectivity index (χ1) is 10.5. The summed E-state index contributed by atoms with van der Waals surface area (Å²) in [5.74, 6) is -0.673. The Bertz CT molecular complexity index is 648. The lowest BCUT2D eigenvalue weighted by atomic mass is 9.85. The molecule has 0 fully saturated rings. The second kappa shape index (κ2) is 6.41. The van der Waals surface area contributed by atoms with E-state index in [1.807, 2.05) is 12.1 Å². The third-order valence-corrected chi connectivity index (χ3v) is 3.35. The first-order valence-corrected chi connectivity index (χ1v) is 6.86. The number of benzene rings is 2. The molecule has 0 atom stereocenters. The van der Waals surface area contributed by atoms with E-state index >= 15 is 0 Å². The zero-order valence-electron chi connectivity index (χ0n) is 12.5. The molecule has 0 aromatic heterocycles. The lowest BCUT2D eigenvalue weighted by Crippen LogP contribution is -2.31. The molecule has 0 aliphatic rings. The third-order valence-electron chi connectivity index (χ3n) is 3.35. The summed E-state index contributed by atoms with van der Waals surface area (Å²) in [6, 6.07) is 17.9. The summed E-state index contributed by atoms with van der Waals surface area (Å²) < 4.78 is 5.20. The fourth-order valence-electron chi connectivity index (χ4n) is 2.12. The Hall–Kier alpha value is -2.65. The van der Waals surface area contributed by atoms with E-state index in [1.165, 1.54) is 0 Å². The van der Waals surface area contributed by atoms with Gasteiger partial charge in [0.2, 0.25) is 0 Å². The smallest absolute Gasteiger partial charge is 0.338 e. The Kier molecular flexibility index (Phi) is 4.59. The van der Waals surface area contributed by atoms with Crippen LogP contribution in [-0.2, 0) is 15.1 Å². The number of esters is 1. The molecule has 2 rings (SSSR count). The molecular formula is C19H18O3. The van der Waals surface area contributed by atoms with Crippen LogP contribution in [0.3, 0.4) is 0 Å². The monoisotopic (exact) mass is 294 g/mol. The Balaban J connectivity index is 2.50. The predicted molar refractivity (Wildman–Crippen MR) is 85.9 cm³/mol. The van der Waals surface area contributed by atoms with E-state index in [0.29, 0.717) is 11.1 Å². The standard InChI is InChI=1S/C19H18O3/c1-14(2)18(20)22-15(3)19(21,16-10-6-4-7-11-16)17-12-8-5-9-13-17/h4-13,21H,1,3H2,2H3. The predicted octanol–water partition coefficient (Wildman–Crippen LogP) is 3.56. The van der Waals surface area contributed by atoms with Gasteiger partial charge in [-0.3, -0.25) is 0 Å². The fraction of sp³-hybridized carbons (Fsp3) is 0.105. The van der Waals surface area contributed by atoms with Gasteiger partial charge >= 0.3 is 5.97 Å². The average Bonchev–Trinajstić information content (AvgIpc) is 2.55. The van der Waals surface area contributed by atoms with E-state index in [-0.39, 0.29) is 11.3 Å². The van der Waals surface area contributed by atoms with E-state index in [1.54, 1.807) is 55.5 Å². The molecule has 0 bridgehead atoms. The minimum absolute atomic E-state index is 0.0575. The van der Waals surface area contributed by atoms with Crippen molar-refractivity contribution in [2.45, 2.75) is 12.5 Å². The van der Waals surface area contributed by atoms with Gasteiger partial charge < -0.3 is 9.84 Å². The number of carbonyl (C=O) groups excluding carboxylic acids is 1. The zero-order valence-corrected chi connectivity index (χ0v) is 12.5. The van der Waals surface area contributed by atoms with Gasteiger partial charge in [-0.15, -0.1) is 0 Å². The van der Waals surface area contributed by atoms with Crippen molar-refractivity contribution < 1.29 is 14.6 Å². The van der Waals surface area contributed by atoms with Gasteiger partial charge in [-0.05, 0) is 18.1 Å². The summed E-state index contributed by atoms with van der Waals surface area (Å²) >= 11 is 0. The largest absolute Gasteiger partial charge is 0.424 e. The zero-order chi connectivity index (χ0) is 16.2. The van der Waals surface area contributed by atoms with Crippen LogP contribution in [0.4, 0.5) is 0 Å². The van der Waals surface area contributed by atoms with Gasteiger partial charge in [0.15, 0.2) is 5.60 Å². The SMILES string of the molecule is C=C(C)C(=O)OC(=C)C(O)(c1ccccc1)c1ccccc1. The van der Waals surface area contributed by atoms with Crippen molar-refractivity contribution in [3.05, 3.63) is 96.3 Å². The molecule has 0 radical (unpaired) electrons. The van der Waals surface area contributed by atoms with Crippen molar-refractivity contribution in [1.82, 2.24) is 0 Å². The van der Waals surface area contributed by atoms with Crippen LogP contribution in [0.25, 0.3) is 0 Å². The highest BCUT2D eigenvalue weighted by Crippen LogP contribution is 2.36. The third kappa shape index (κ3) is 3.00. The maximum Gasteiger partial charge on any atom is 0.338 e. The minimum Gasteiger partial charge on any atom is -0.424 e. The molecule has 0 saturated carbocycles. The van der Waals surface area contributed by atoms with Crippen LogP contribution < -0.4 is 0 Å². The Morgan fingerprint density at radius 3 is 1.73 bits per heavy atom. The van der Waals surface area contributed by atoms with Crippen LogP contribution >= 0.6 is 0 Å². The van der Waals surface area contributed by atoms with Crippen molar-refractivity contribution >= 4 is 5.97 Å². The normalized spacial score (nSPS) is 10.8. The number of carbonyl (C=O) groups is 1. The molecule has 3 nitrogen and oxygen atoms in total. The highest BCUT2D eigenvalue weighted by atomic mass is 16.5. The molecule has 1 N–H and O–H groups in total. The minimum atomic E-state index is -1.62. The summed E-state index contributed by atoms with van der Waals surface area (Å²) in [5, 5.41) is 11.2. The van der Waals surface area contributed by atoms with Crippen molar-refractivity contribution in [3.63, 3.8) is 0 Å². The summed E-state index contributed by atoms with van der Waals surface area (Å²) in [6.07, 6.45) is 0. The van der Waals surface area contributed by atoms with Crippen molar-refractivity contribution in [2.75, 3.05) is 0 Å². The lowest BCUT2D eigenvalue weighted by molar-refractivity contribution is -0.138. The van der Waals surface area contributed by atoms with Crippen LogP contribution in [0.15, 0.2) is 85.2 Å². The average molecular weight is 294 g/mol. The van der Waals surface area contributed by atoms with Gasteiger partial charge in [-0.1, -0.05) is 73.8 Å². The van der Waals surface area contributed by atoms with E-state index in [9.17, 15) is 9.90 Å². The van der Waals surface area contributed by atoms with Crippen molar-refractivity contribution in [3.8, 4) is 0 Å². The summed E-state index contributed by atoms with van der Waals surface area (Å²) in [7, 11) is 0. The first-order valence-electron chi connectivity index (χ1n) is 6.86. The summed E-state index contributed by atoms with van der Waals surface area (Å²) in [6.45, 7) is 8.85. The summed E-state index contributed by atoms with van der Waals surface area (Å²) in [4.78, 5) is 11.8. The number of hydrogen-bond acceptors (Lipinski definition) is 3. The number of hydrogen-bond donors (Lipinski definition) is 1. The van der Waals surface area contributed by atoms with Crippen LogP contribution in [0.2, 0.25) is 0 Å². The molecule has 0 amide bonds. The van der Waals surface area contributed by atoms with Gasteiger partial charge in [0.25, 0.3) is 0 Å². The highest BCUT2D eigenvalue weighted by molar-refractivity contribution is 5.87. The Labute approximate surface area is 130 Å². The molecular weight excluding hydrogens is 276 g/mol. The van der Waals surface area contributed by atoms with Gasteiger partial charge in [0.05, 0.1) is 0 Å². The Morgan fingerprint density at radius 2 is 1.36 bits per heavy atom. The van der Waals surface area contributed by atoms with E-state index < -0.39 is 11.6 Å². The number of ether oxygens (including phenoxy) is 1. The lowest BCUT2D eigenvalue weighted by Gasteiger charge is -2.30. The van der Waals surface area contributed by atoms with Gasteiger partial charge in [0.1, 0.15) is 5.76 Å². The topological polar surface area (TPSA) is 46.5 Å². The van der Waals surface area contributed by atoms with Crippen molar-refractivity contribution in [2.24, 2.45) is 0 Å². The fourth-order valence-corrected chi connectivity index (χ4v) is 2.12. The molecule has 0 aliphatic heterocycles. The van der Waals surface area contributed by atoms with E-state index in [0.717, 1.165) is 0 Å². The molecule has 0 aliphatic carbocycles. The second-order valence-corrected chi connectivity index (χ2v) is 5.04. The number of rotatable bonds is 5. The second-order valence-electron chi connectivity index (χ2n) is 5.04. The van der Waals surface area contributed by atoms with Crippen LogP contribution in [-0.4, -0.2) is 11.1 Å². The molecule has 0 spiro atoms. The molecule has 0 saturated heterocycles. The first kappa shape index (κ1) is 15.7. The molecule has 0 heterocycles. The molecule has 112 valence electrons. The molecule has 0 unspecified atom stereocenters. The van der Waals surface area contributed by atoms with Crippen LogP contribution in [0.1, 0.15) is 18.1 Å². The highest BCUT2D eigenvalue weighted by Gasteiger charge is 2.37. The molecule has 22 heavy (non-hydrogen) atoms. The van der Waals surface area contributed by atoms with Gasteiger partial charge in [-0.2, -0.15) is 0 Å². The molecule has 2 aromatic rings. The van der Waals surface area contributed by atoms with E-state index in [2.05, 4.69) is 13.2 Å². The van der Waals surface area contributed by atoms with Crippen LogP contribution in [0, 0.1) is 0 Å². The maximum atomic E-state index is 11.8. The Morgan fingerprint density at radius 1 is 0.955 bits per heavy atom. The van der Waals surface area contributed by atoms with Crippen molar-refractivity contribution in [1.29, 1.82) is 0 Å². The van der Waals surface area contributed by atoms with Crippen LogP contribution in [0.5, 0.6) is 0 Å². The quantitative estimate of drug-likeness (QED) is 0.521. The summed E-state index contributed by atoms with van der Waals surface area (Å²) in [5.41, 5.74) is -0.237. The molecule has 3 heteroatoms.